The third kappa shape index (κ3) is 4.04. The van der Waals surface area contributed by atoms with E-state index in [0.717, 1.165) is 24.8 Å². The molecule has 0 N–H and O–H groups in total. The lowest BCUT2D eigenvalue weighted by Gasteiger charge is -2.45. The van der Waals surface area contributed by atoms with E-state index in [9.17, 15) is 17.6 Å². The van der Waals surface area contributed by atoms with E-state index in [1.165, 1.54) is 50.7 Å². The van der Waals surface area contributed by atoms with E-state index in [1.54, 1.807) is 0 Å². The van der Waals surface area contributed by atoms with Gasteiger partial charge in [-0.3, -0.25) is 0 Å². The first kappa shape index (κ1) is 19.9. The van der Waals surface area contributed by atoms with Crippen molar-refractivity contribution in [3.05, 3.63) is 24.1 Å². The molecule has 0 heterocycles. The van der Waals surface area contributed by atoms with Crippen molar-refractivity contribution in [3.8, 4) is 0 Å². The monoisotopic (exact) mass is 372 g/mol. The molecule has 1 unspecified atom stereocenters. The molecule has 0 nitrogen and oxygen atoms in total. The van der Waals surface area contributed by atoms with Gasteiger partial charge in [-0.25, -0.2) is 4.39 Å². The zero-order chi connectivity index (χ0) is 18.8. The average Bonchev–Trinajstić information content (AvgIpc) is 2.62. The largest absolute Gasteiger partial charge is 0.398 e. The van der Waals surface area contributed by atoms with Gasteiger partial charge in [-0.1, -0.05) is 38.7 Å². The molecule has 0 aromatic heterocycles. The number of allylic oxidation sites excluding steroid dienone is 4. The van der Waals surface area contributed by atoms with Gasteiger partial charge in [0.2, 0.25) is 0 Å². The molecular formula is C22H32F4. The van der Waals surface area contributed by atoms with E-state index in [4.69, 9.17) is 0 Å². The molecule has 0 amide bonds. The lowest BCUT2D eigenvalue weighted by atomic mass is 9.61. The van der Waals surface area contributed by atoms with Gasteiger partial charge in [-0.05, 0) is 80.8 Å². The molecule has 0 aromatic carbocycles. The van der Waals surface area contributed by atoms with Crippen LogP contribution in [0, 0.1) is 29.1 Å². The molecule has 2 saturated carbocycles. The quantitative estimate of drug-likeness (QED) is 0.442. The summed E-state index contributed by atoms with van der Waals surface area (Å²) in [5, 5.41) is 0. The normalized spacial score (nSPS) is 38.9. The van der Waals surface area contributed by atoms with Crippen molar-refractivity contribution < 1.29 is 17.6 Å². The number of hydrogen-bond donors (Lipinski definition) is 0. The maximum atomic E-state index is 13.9. The molecule has 2 fully saturated rings. The predicted molar refractivity (Wildman–Crippen MR) is 97.2 cm³/mol. The second-order valence-corrected chi connectivity index (χ2v) is 8.86. The summed E-state index contributed by atoms with van der Waals surface area (Å²) in [6.45, 7) is 2.24. The maximum Gasteiger partial charge on any atom is 0.398 e. The van der Waals surface area contributed by atoms with Crippen LogP contribution in [0.5, 0.6) is 0 Å². The Kier molecular flexibility index (Phi) is 6.18. The molecule has 3 rings (SSSR count). The second-order valence-electron chi connectivity index (χ2n) is 8.86. The van der Waals surface area contributed by atoms with Gasteiger partial charge in [0, 0.05) is 0 Å². The van der Waals surface area contributed by atoms with E-state index in [1.807, 2.05) is 0 Å². The molecule has 4 heteroatoms. The van der Waals surface area contributed by atoms with Crippen LogP contribution in [0.4, 0.5) is 17.6 Å². The van der Waals surface area contributed by atoms with E-state index in [-0.39, 0.29) is 6.42 Å². The summed E-state index contributed by atoms with van der Waals surface area (Å²) in [7, 11) is 0. The predicted octanol–water partition coefficient (Wildman–Crippen LogP) is 7.76. The Bertz CT molecular complexity index is 517. The fourth-order valence-electron chi connectivity index (χ4n) is 5.90. The van der Waals surface area contributed by atoms with Gasteiger partial charge in [0.1, 0.15) is 5.83 Å². The Hall–Kier alpha value is -0.800. The molecule has 0 aliphatic heterocycles. The van der Waals surface area contributed by atoms with Crippen LogP contribution in [-0.2, 0) is 0 Å². The van der Waals surface area contributed by atoms with Gasteiger partial charge in [-0.2, -0.15) is 13.2 Å². The highest BCUT2D eigenvalue weighted by Gasteiger charge is 2.58. The number of alkyl halides is 3. The standard InChI is InChI=1S/C22H32F4/c1-2-4-16-6-8-17(9-7-16)18-10-12-19(13-11-18)21(22(24,25)26)14-3-5-20(23)15-21/h3,5,15-19H,2,4,6-14H2,1H3. The third-order valence-corrected chi connectivity index (χ3v) is 7.41. The first-order valence-electron chi connectivity index (χ1n) is 10.5. The third-order valence-electron chi connectivity index (χ3n) is 7.41. The highest BCUT2D eigenvalue weighted by atomic mass is 19.4. The van der Waals surface area contributed by atoms with E-state index in [2.05, 4.69) is 6.92 Å². The van der Waals surface area contributed by atoms with Crippen molar-refractivity contribution in [3.63, 3.8) is 0 Å². The number of hydrogen-bond acceptors (Lipinski definition) is 0. The van der Waals surface area contributed by atoms with E-state index < -0.39 is 23.3 Å². The molecule has 0 radical (unpaired) electrons. The van der Waals surface area contributed by atoms with Gasteiger partial charge >= 0.3 is 6.18 Å². The van der Waals surface area contributed by atoms with E-state index in [0.29, 0.717) is 24.7 Å². The van der Waals surface area contributed by atoms with Crippen LogP contribution in [0.2, 0.25) is 0 Å². The maximum absolute atomic E-state index is 13.9. The number of rotatable bonds is 4. The Morgan fingerprint density at radius 2 is 1.54 bits per heavy atom. The summed E-state index contributed by atoms with van der Waals surface area (Å²) in [6, 6.07) is 0. The average molecular weight is 372 g/mol. The zero-order valence-electron chi connectivity index (χ0n) is 15.8. The minimum absolute atomic E-state index is 0.110. The fourth-order valence-corrected chi connectivity index (χ4v) is 5.90. The van der Waals surface area contributed by atoms with Crippen LogP contribution in [0.3, 0.4) is 0 Å². The molecule has 0 spiro atoms. The lowest BCUT2D eigenvalue weighted by Crippen LogP contribution is -2.45. The Balaban J connectivity index is 1.60. The molecule has 3 aliphatic carbocycles. The molecule has 0 bridgehead atoms. The van der Waals surface area contributed by atoms with Gasteiger partial charge in [0.25, 0.3) is 0 Å². The van der Waals surface area contributed by atoms with Crippen molar-refractivity contribution in [1.82, 2.24) is 0 Å². The second kappa shape index (κ2) is 8.06. The highest BCUT2D eigenvalue weighted by Crippen LogP contribution is 2.56. The van der Waals surface area contributed by atoms with Crippen LogP contribution in [0.1, 0.15) is 77.6 Å². The SMILES string of the molecule is CCCC1CCC(C2CCC(C3(C(F)(F)F)C=C(F)C=CC3)CC2)CC1. The molecule has 26 heavy (non-hydrogen) atoms. The van der Waals surface area contributed by atoms with Crippen molar-refractivity contribution in [2.75, 3.05) is 0 Å². The first-order valence-corrected chi connectivity index (χ1v) is 10.5. The van der Waals surface area contributed by atoms with Crippen molar-refractivity contribution in [2.24, 2.45) is 29.1 Å². The van der Waals surface area contributed by atoms with Crippen LogP contribution in [0.25, 0.3) is 0 Å². The zero-order valence-corrected chi connectivity index (χ0v) is 15.8. The molecule has 0 saturated heterocycles. The molecule has 148 valence electrons. The minimum atomic E-state index is -4.38. The Labute approximate surface area is 155 Å². The molecular weight excluding hydrogens is 340 g/mol. The topological polar surface area (TPSA) is 0 Å². The van der Waals surface area contributed by atoms with Gasteiger partial charge in [0.05, 0.1) is 5.41 Å². The summed E-state index contributed by atoms with van der Waals surface area (Å²) in [6.07, 6.45) is 9.49. The number of halogens is 4. The molecule has 3 aliphatic rings. The fraction of sp³-hybridized carbons (Fsp3) is 0.818. The molecule has 1 atom stereocenters. The van der Waals surface area contributed by atoms with Gasteiger partial charge < -0.3 is 0 Å². The first-order chi connectivity index (χ1) is 12.4. The summed E-state index contributed by atoms with van der Waals surface area (Å²) < 4.78 is 55.3. The Morgan fingerprint density at radius 3 is 2.04 bits per heavy atom. The summed E-state index contributed by atoms with van der Waals surface area (Å²) in [5.41, 5.74) is -1.99. The minimum Gasteiger partial charge on any atom is -0.207 e. The lowest BCUT2D eigenvalue weighted by molar-refractivity contribution is -0.227. The summed E-state index contributed by atoms with van der Waals surface area (Å²) in [5.74, 6) is 0.926. The van der Waals surface area contributed by atoms with Gasteiger partial charge in [0.15, 0.2) is 0 Å². The van der Waals surface area contributed by atoms with Gasteiger partial charge in [-0.15, -0.1) is 0 Å². The Morgan fingerprint density at radius 1 is 0.962 bits per heavy atom. The van der Waals surface area contributed by atoms with Crippen LogP contribution < -0.4 is 0 Å². The van der Waals surface area contributed by atoms with Crippen LogP contribution >= 0.6 is 0 Å². The molecule has 0 aromatic rings. The van der Waals surface area contributed by atoms with Crippen LogP contribution in [-0.4, -0.2) is 6.18 Å². The van der Waals surface area contributed by atoms with Crippen molar-refractivity contribution >= 4 is 0 Å². The summed E-state index contributed by atoms with van der Waals surface area (Å²) in [4.78, 5) is 0. The van der Waals surface area contributed by atoms with Crippen molar-refractivity contribution in [2.45, 2.75) is 83.7 Å². The van der Waals surface area contributed by atoms with Crippen LogP contribution in [0.15, 0.2) is 24.1 Å². The van der Waals surface area contributed by atoms with E-state index >= 15 is 0 Å². The summed E-state index contributed by atoms with van der Waals surface area (Å²) >= 11 is 0. The highest BCUT2D eigenvalue weighted by molar-refractivity contribution is 5.25. The van der Waals surface area contributed by atoms with Crippen molar-refractivity contribution in [1.29, 1.82) is 0 Å². The smallest absolute Gasteiger partial charge is 0.207 e.